The van der Waals surface area contributed by atoms with E-state index in [-0.39, 0.29) is 24.4 Å². The Balaban J connectivity index is 2.41. The van der Waals surface area contributed by atoms with E-state index in [0.717, 1.165) is 11.3 Å². The second-order valence-corrected chi connectivity index (χ2v) is 5.13. The third-order valence-electron chi connectivity index (χ3n) is 3.55. The van der Waals surface area contributed by atoms with Gasteiger partial charge in [0.25, 0.3) is 0 Å². The summed E-state index contributed by atoms with van der Waals surface area (Å²) in [6.07, 6.45) is 0.673. The Labute approximate surface area is 119 Å². The van der Waals surface area contributed by atoms with E-state index in [1.54, 1.807) is 0 Å². The lowest BCUT2D eigenvalue weighted by molar-refractivity contribution is -0.132. The first kappa shape index (κ1) is 14.5. The van der Waals surface area contributed by atoms with Gasteiger partial charge in [0, 0.05) is 12.2 Å². The van der Waals surface area contributed by atoms with Crippen LogP contribution in [0, 0.1) is 6.92 Å². The third-order valence-corrected chi connectivity index (χ3v) is 3.55. The molecule has 2 amide bonds. The lowest BCUT2D eigenvalue weighted by Crippen LogP contribution is -2.58. The molecule has 1 unspecified atom stereocenters. The summed E-state index contributed by atoms with van der Waals surface area (Å²) >= 11 is 0. The number of nitrogens with zero attached hydrogens (tertiary/aromatic N) is 1. The van der Waals surface area contributed by atoms with Crippen LogP contribution in [-0.2, 0) is 16.1 Å². The summed E-state index contributed by atoms with van der Waals surface area (Å²) in [7, 11) is 1.89. The zero-order chi connectivity index (χ0) is 14.7. The first-order valence-corrected chi connectivity index (χ1v) is 6.91. The average molecular weight is 275 g/mol. The number of benzene rings is 1. The van der Waals surface area contributed by atoms with E-state index in [4.69, 9.17) is 0 Å². The number of amides is 2. The fourth-order valence-corrected chi connectivity index (χ4v) is 2.65. The molecule has 1 aromatic carbocycles. The second kappa shape index (κ2) is 6.05. The Hall–Kier alpha value is -1.88. The molecule has 2 N–H and O–H groups in total. The van der Waals surface area contributed by atoms with E-state index in [1.807, 2.05) is 37.9 Å². The zero-order valence-corrected chi connectivity index (χ0v) is 12.2. The van der Waals surface area contributed by atoms with Crippen molar-refractivity contribution in [2.24, 2.45) is 0 Å². The van der Waals surface area contributed by atoms with Crippen LogP contribution in [-0.4, -0.2) is 31.4 Å². The maximum atomic E-state index is 12.0. The highest BCUT2D eigenvalue weighted by atomic mass is 16.2. The molecule has 0 radical (unpaired) electrons. The minimum absolute atomic E-state index is 0.209. The Morgan fingerprint density at radius 2 is 2.15 bits per heavy atom. The van der Waals surface area contributed by atoms with E-state index in [9.17, 15) is 9.59 Å². The van der Waals surface area contributed by atoms with Crippen molar-refractivity contribution >= 4 is 17.5 Å². The van der Waals surface area contributed by atoms with Crippen molar-refractivity contribution in [1.29, 1.82) is 0 Å². The summed E-state index contributed by atoms with van der Waals surface area (Å²) in [6.45, 7) is 4.93. The van der Waals surface area contributed by atoms with Gasteiger partial charge < -0.3 is 10.2 Å². The monoisotopic (exact) mass is 275 g/mol. The molecule has 5 heteroatoms. The molecule has 1 saturated heterocycles. The number of carbonyl (C=O) groups excluding carboxylic acids is 2. The van der Waals surface area contributed by atoms with Crippen LogP contribution in [0.1, 0.15) is 24.5 Å². The van der Waals surface area contributed by atoms with Gasteiger partial charge in [-0.3, -0.25) is 14.9 Å². The molecule has 20 heavy (non-hydrogen) atoms. The van der Waals surface area contributed by atoms with Crippen molar-refractivity contribution in [1.82, 2.24) is 10.6 Å². The standard InChI is InChI=1S/C15H21N3O2/c1-4-12-15(20)17-14(19)9-18(12)13-6-5-10(2)7-11(13)8-16-3/h5-7,12,16H,4,8-9H2,1-3H3,(H,17,19,20). The van der Waals surface area contributed by atoms with Crippen molar-refractivity contribution in [3.8, 4) is 0 Å². The predicted octanol–water partition coefficient (Wildman–Crippen LogP) is 0.956. The van der Waals surface area contributed by atoms with Crippen LogP contribution < -0.4 is 15.5 Å². The molecule has 2 rings (SSSR count). The Kier molecular flexibility index (Phi) is 4.39. The molecule has 1 fully saturated rings. The first-order chi connectivity index (χ1) is 9.56. The SMILES string of the molecule is CCC1C(=O)NC(=O)CN1c1ccc(C)cc1CNC. The molecule has 0 aromatic heterocycles. The normalized spacial score (nSPS) is 19.1. The lowest BCUT2D eigenvalue weighted by atomic mass is 10.0. The van der Waals surface area contributed by atoms with Gasteiger partial charge in [-0.1, -0.05) is 24.6 Å². The van der Waals surface area contributed by atoms with Crippen molar-refractivity contribution in [2.75, 3.05) is 18.5 Å². The van der Waals surface area contributed by atoms with E-state index < -0.39 is 0 Å². The van der Waals surface area contributed by atoms with Crippen molar-refractivity contribution in [3.05, 3.63) is 29.3 Å². The molecule has 1 aliphatic heterocycles. The number of anilines is 1. The molecule has 1 heterocycles. The average Bonchev–Trinajstić information content (AvgIpc) is 2.38. The Bertz CT molecular complexity index is 528. The predicted molar refractivity (Wildman–Crippen MR) is 78.5 cm³/mol. The summed E-state index contributed by atoms with van der Waals surface area (Å²) in [5.74, 6) is -0.449. The van der Waals surface area contributed by atoms with Crippen molar-refractivity contribution in [3.63, 3.8) is 0 Å². The fraction of sp³-hybridized carbons (Fsp3) is 0.467. The van der Waals surface area contributed by atoms with Crippen LogP contribution in [0.15, 0.2) is 18.2 Å². The molecule has 1 atom stereocenters. The largest absolute Gasteiger partial charge is 0.350 e. The molecule has 0 spiro atoms. The van der Waals surface area contributed by atoms with Gasteiger partial charge in [0.2, 0.25) is 11.8 Å². The molecule has 0 aliphatic carbocycles. The smallest absolute Gasteiger partial charge is 0.249 e. The lowest BCUT2D eigenvalue weighted by Gasteiger charge is -2.36. The molecule has 1 aliphatic rings. The highest BCUT2D eigenvalue weighted by Crippen LogP contribution is 2.26. The van der Waals surface area contributed by atoms with Crippen LogP contribution >= 0.6 is 0 Å². The van der Waals surface area contributed by atoms with Gasteiger partial charge in [0.1, 0.15) is 6.04 Å². The first-order valence-electron chi connectivity index (χ1n) is 6.91. The Morgan fingerprint density at radius 3 is 2.80 bits per heavy atom. The van der Waals surface area contributed by atoms with Gasteiger partial charge in [-0.2, -0.15) is 0 Å². The van der Waals surface area contributed by atoms with Crippen LogP contribution in [0.4, 0.5) is 5.69 Å². The molecule has 0 bridgehead atoms. The summed E-state index contributed by atoms with van der Waals surface area (Å²) in [6, 6.07) is 5.82. The number of nitrogens with one attached hydrogen (secondary N) is 2. The summed E-state index contributed by atoms with van der Waals surface area (Å²) in [5, 5.41) is 5.54. The van der Waals surface area contributed by atoms with Crippen molar-refractivity contribution in [2.45, 2.75) is 32.9 Å². The second-order valence-electron chi connectivity index (χ2n) is 5.13. The number of aryl methyl sites for hydroxylation is 1. The Morgan fingerprint density at radius 1 is 1.40 bits per heavy atom. The minimum Gasteiger partial charge on any atom is -0.350 e. The van der Waals surface area contributed by atoms with Gasteiger partial charge in [0.15, 0.2) is 0 Å². The summed E-state index contributed by atoms with van der Waals surface area (Å²) < 4.78 is 0. The number of imide groups is 1. The number of piperazine rings is 1. The molecule has 1 aromatic rings. The topological polar surface area (TPSA) is 61.4 Å². The highest BCUT2D eigenvalue weighted by molar-refractivity contribution is 6.04. The molecule has 0 saturated carbocycles. The van der Waals surface area contributed by atoms with Crippen molar-refractivity contribution < 1.29 is 9.59 Å². The molecular weight excluding hydrogens is 254 g/mol. The number of rotatable bonds is 4. The van der Waals surface area contributed by atoms with Crippen LogP contribution in [0.2, 0.25) is 0 Å². The van der Waals surface area contributed by atoms with Gasteiger partial charge in [0.05, 0.1) is 6.54 Å². The van der Waals surface area contributed by atoms with E-state index in [2.05, 4.69) is 16.7 Å². The van der Waals surface area contributed by atoms with Gasteiger partial charge >= 0.3 is 0 Å². The highest BCUT2D eigenvalue weighted by Gasteiger charge is 2.33. The van der Waals surface area contributed by atoms with Crippen LogP contribution in [0.3, 0.4) is 0 Å². The third kappa shape index (κ3) is 2.82. The number of carbonyl (C=O) groups is 2. The minimum atomic E-state index is -0.286. The molecular formula is C15H21N3O2. The van der Waals surface area contributed by atoms with Crippen LogP contribution in [0.25, 0.3) is 0 Å². The van der Waals surface area contributed by atoms with E-state index >= 15 is 0 Å². The van der Waals surface area contributed by atoms with E-state index in [1.165, 1.54) is 5.56 Å². The molecule has 108 valence electrons. The maximum Gasteiger partial charge on any atom is 0.249 e. The van der Waals surface area contributed by atoms with E-state index in [0.29, 0.717) is 13.0 Å². The zero-order valence-electron chi connectivity index (χ0n) is 12.2. The number of hydrogen-bond acceptors (Lipinski definition) is 4. The number of hydrogen-bond donors (Lipinski definition) is 2. The summed E-state index contributed by atoms with van der Waals surface area (Å²) in [5.41, 5.74) is 3.23. The van der Waals surface area contributed by atoms with Gasteiger partial charge in [-0.05, 0) is 32.0 Å². The van der Waals surface area contributed by atoms with Gasteiger partial charge in [-0.25, -0.2) is 0 Å². The summed E-state index contributed by atoms with van der Waals surface area (Å²) in [4.78, 5) is 25.5. The fourth-order valence-electron chi connectivity index (χ4n) is 2.65. The quantitative estimate of drug-likeness (QED) is 0.803. The van der Waals surface area contributed by atoms with Crippen LogP contribution in [0.5, 0.6) is 0 Å². The maximum absolute atomic E-state index is 12.0. The molecule has 5 nitrogen and oxygen atoms in total. The van der Waals surface area contributed by atoms with Gasteiger partial charge in [-0.15, -0.1) is 0 Å².